The minimum atomic E-state index is -1.57. The van der Waals surface area contributed by atoms with Gasteiger partial charge in [-0.3, -0.25) is 4.79 Å². The minimum absolute atomic E-state index is 0.000260. The Hall–Kier alpha value is -2.34. The molecule has 6 nitrogen and oxygen atoms in total. The van der Waals surface area contributed by atoms with Crippen LogP contribution < -0.4 is 0 Å². The largest absolute Gasteiger partial charge is 0.512 e. The first-order chi connectivity index (χ1) is 12.2. The van der Waals surface area contributed by atoms with Crippen LogP contribution >= 0.6 is 0 Å². The van der Waals surface area contributed by atoms with Crippen LogP contribution in [0.5, 0.6) is 0 Å². The zero-order chi connectivity index (χ0) is 19.5. The molecule has 1 aliphatic carbocycles. The molecule has 0 saturated carbocycles. The summed E-state index contributed by atoms with van der Waals surface area (Å²) in [6, 6.07) is 7.25. The van der Waals surface area contributed by atoms with Crippen molar-refractivity contribution in [3.05, 3.63) is 46.7 Å². The van der Waals surface area contributed by atoms with Gasteiger partial charge in [0.2, 0.25) is 0 Å². The number of aliphatic hydroxyl groups excluding tert-OH is 1. The van der Waals surface area contributed by atoms with E-state index in [2.05, 4.69) is 0 Å². The summed E-state index contributed by atoms with van der Waals surface area (Å²) >= 11 is 0. The molecular weight excluding hydrogens is 336 g/mol. The molecule has 1 aromatic rings. The SMILES string of the molecule is CCOC(=O)C1=C(O)CC(C)(O)C(C(=O)OCC)C1c1ccc(C)cc1. The van der Waals surface area contributed by atoms with Crippen molar-refractivity contribution in [2.24, 2.45) is 5.92 Å². The zero-order valence-electron chi connectivity index (χ0n) is 15.6. The third-order valence-electron chi connectivity index (χ3n) is 4.62. The summed E-state index contributed by atoms with van der Waals surface area (Å²) in [6.07, 6.45) is -0.229. The molecule has 0 bridgehead atoms. The van der Waals surface area contributed by atoms with E-state index in [1.165, 1.54) is 6.92 Å². The summed E-state index contributed by atoms with van der Waals surface area (Å²) < 4.78 is 10.3. The van der Waals surface area contributed by atoms with Crippen molar-refractivity contribution in [2.75, 3.05) is 13.2 Å². The Morgan fingerprint density at radius 2 is 1.73 bits per heavy atom. The van der Waals surface area contributed by atoms with Gasteiger partial charge >= 0.3 is 11.9 Å². The number of hydrogen-bond donors (Lipinski definition) is 2. The Balaban J connectivity index is 2.65. The highest BCUT2D eigenvalue weighted by Crippen LogP contribution is 2.47. The number of aryl methyl sites for hydroxylation is 1. The van der Waals surface area contributed by atoms with E-state index in [0.717, 1.165) is 5.56 Å². The molecule has 0 radical (unpaired) electrons. The van der Waals surface area contributed by atoms with Crippen LogP contribution in [0.25, 0.3) is 0 Å². The number of benzene rings is 1. The average Bonchev–Trinajstić information content (AvgIpc) is 2.54. The maximum Gasteiger partial charge on any atom is 0.338 e. The maximum absolute atomic E-state index is 12.7. The van der Waals surface area contributed by atoms with Gasteiger partial charge in [0.15, 0.2) is 0 Å². The first kappa shape index (κ1) is 20.0. The van der Waals surface area contributed by atoms with Crippen LogP contribution in [0.2, 0.25) is 0 Å². The Morgan fingerprint density at radius 3 is 2.27 bits per heavy atom. The molecular formula is C20H26O6. The van der Waals surface area contributed by atoms with Crippen LogP contribution in [-0.2, 0) is 19.1 Å². The van der Waals surface area contributed by atoms with E-state index in [-0.39, 0.29) is 31.0 Å². The Morgan fingerprint density at radius 1 is 1.15 bits per heavy atom. The van der Waals surface area contributed by atoms with Crippen molar-refractivity contribution in [1.82, 2.24) is 0 Å². The van der Waals surface area contributed by atoms with Crippen molar-refractivity contribution >= 4 is 11.9 Å². The predicted octanol–water partition coefficient (Wildman–Crippen LogP) is 2.79. The topological polar surface area (TPSA) is 93.1 Å². The van der Waals surface area contributed by atoms with E-state index in [0.29, 0.717) is 5.56 Å². The van der Waals surface area contributed by atoms with Gasteiger partial charge in [0, 0.05) is 12.3 Å². The van der Waals surface area contributed by atoms with Gasteiger partial charge in [0.25, 0.3) is 0 Å². The zero-order valence-corrected chi connectivity index (χ0v) is 15.6. The normalized spacial score (nSPS) is 25.7. The Bertz CT molecular complexity index is 702. The van der Waals surface area contributed by atoms with Crippen molar-refractivity contribution < 1.29 is 29.3 Å². The van der Waals surface area contributed by atoms with Gasteiger partial charge in [-0.2, -0.15) is 0 Å². The fraction of sp³-hybridized carbons (Fsp3) is 0.500. The number of rotatable bonds is 5. The Labute approximate surface area is 153 Å². The second kappa shape index (κ2) is 7.91. The molecule has 0 fully saturated rings. The van der Waals surface area contributed by atoms with Crippen LogP contribution in [0.1, 0.15) is 44.2 Å². The first-order valence-corrected chi connectivity index (χ1v) is 8.77. The lowest BCUT2D eigenvalue weighted by Crippen LogP contribution is -2.49. The quantitative estimate of drug-likeness (QED) is 0.783. The van der Waals surface area contributed by atoms with E-state index >= 15 is 0 Å². The summed E-state index contributed by atoms with van der Waals surface area (Å²) in [5, 5.41) is 21.4. The van der Waals surface area contributed by atoms with Gasteiger partial charge < -0.3 is 19.7 Å². The fourth-order valence-electron chi connectivity index (χ4n) is 3.46. The van der Waals surface area contributed by atoms with Crippen LogP contribution in [-0.4, -0.2) is 41.0 Å². The molecule has 0 amide bonds. The maximum atomic E-state index is 12.7. The molecule has 0 aliphatic heterocycles. The van der Waals surface area contributed by atoms with Crippen molar-refractivity contribution in [3.8, 4) is 0 Å². The summed E-state index contributed by atoms with van der Waals surface area (Å²) in [5.74, 6) is -3.48. The van der Waals surface area contributed by atoms with Crippen LogP contribution in [0, 0.1) is 12.8 Å². The van der Waals surface area contributed by atoms with Crippen LogP contribution in [0.3, 0.4) is 0 Å². The van der Waals surface area contributed by atoms with Crippen LogP contribution in [0.15, 0.2) is 35.6 Å². The summed E-state index contributed by atoms with van der Waals surface area (Å²) in [7, 11) is 0. The van der Waals surface area contributed by atoms with Crippen molar-refractivity contribution in [2.45, 2.75) is 45.6 Å². The second-order valence-electron chi connectivity index (χ2n) is 6.73. The van der Waals surface area contributed by atoms with Crippen LogP contribution in [0.4, 0.5) is 0 Å². The average molecular weight is 362 g/mol. The fourth-order valence-corrected chi connectivity index (χ4v) is 3.46. The van der Waals surface area contributed by atoms with E-state index in [1.807, 2.05) is 19.1 Å². The smallest absolute Gasteiger partial charge is 0.338 e. The molecule has 2 N–H and O–H groups in total. The number of hydrogen-bond acceptors (Lipinski definition) is 6. The second-order valence-corrected chi connectivity index (χ2v) is 6.73. The highest BCUT2D eigenvalue weighted by atomic mass is 16.5. The lowest BCUT2D eigenvalue weighted by Gasteiger charge is -2.41. The standard InChI is InChI=1S/C20H26O6/c1-5-25-18(22)16-14(21)11-20(4,24)17(19(23)26-6-2)15(16)13-9-7-12(3)8-10-13/h7-10,15,17,21,24H,5-6,11H2,1-4H3. The number of ether oxygens (including phenoxy) is 2. The molecule has 1 aliphatic rings. The summed E-state index contributed by atoms with van der Waals surface area (Å²) in [5.41, 5.74) is 0.0698. The van der Waals surface area contributed by atoms with E-state index in [1.54, 1.807) is 26.0 Å². The van der Waals surface area contributed by atoms with E-state index < -0.39 is 29.4 Å². The molecule has 0 saturated heterocycles. The molecule has 3 atom stereocenters. The van der Waals surface area contributed by atoms with Gasteiger partial charge in [0.05, 0.1) is 30.3 Å². The lowest BCUT2D eigenvalue weighted by molar-refractivity contribution is -0.160. The molecule has 3 unspecified atom stereocenters. The predicted molar refractivity (Wildman–Crippen MR) is 95.6 cm³/mol. The van der Waals surface area contributed by atoms with Gasteiger partial charge in [-0.25, -0.2) is 4.79 Å². The first-order valence-electron chi connectivity index (χ1n) is 8.77. The lowest BCUT2D eigenvalue weighted by atomic mass is 9.66. The molecule has 6 heteroatoms. The third kappa shape index (κ3) is 3.90. The molecule has 0 spiro atoms. The molecule has 142 valence electrons. The number of carbonyl (C=O) groups is 2. The highest BCUT2D eigenvalue weighted by Gasteiger charge is 2.52. The molecule has 26 heavy (non-hydrogen) atoms. The van der Waals surface area contributed by atoms with E-state index in [4.69, 9.17) is 9.47 Å². The number of aliphatic hydroxyl groups is 2. The van der Waals surface area contributed by atoms with Crippen molar-refractivity contribution in [1.29, 1.82) is 0 Å². The number of carbonyl (C=O) groups excluding carboxylic acids is 2. The van der Waals surface area contributed by atoms with Gasteiger partial charge in [-0.1, -0.05) is 29.8 Å². The Kier molecular flexibility index (Phi) is 6.08. The minimum Gasteiger partial charge on any atom is -0.512 e. The molecule has 0 heterocycles. The summed E-state index contributed by atoms with van der Waals surface area (Å²) in [4.78, 5) is 25.2. The van der Waals surface area contributed by atoms with Gasteiger partial charge in [-0.05, 0) is 33.3 Å². The van der Waals surface area contributed by atoms with Gasteiger partial charge in [0.1, 0.15) is 5.76 Å². The molecule has 1 aromatic carbocycles. The van der Waals surface area contributed by atoms with E-state index in [9.17, 15) is 19.8 Å². The highest BCUT2D eigenvalue weighted by molar-refractivity contribution is 5.93. The number of esters is 2. The molecule has 0 aromatic heterocycles. The monoisotopic (exact) mass is 362 g/mol. The summed E-state index contributed by atoms with van der Waals surface area (Å²) in [6.45, 7) is 7.01. The van der Waals surface area contributed by atoms with Gasteiger partial charge in [-0.15, -0.1) is 0 Å². The van der Waals surface area contributed by atoms with Crippen molar-refractivity contribution in [3.63, 3.8) is 0 Å². The third-order valence-corrected chi connectivity index (χ3v) is 4.62. The molecule has 2 rings (SSSR count).